The molecule has 0 bridgehead atoms. The molecule has 0 atom stereocenters. The highest BCUT2D eigenvalue weighted by atomic mass is 79.9. The Morgan fingerprint density at radius 1 is 1.38 bits per heavy atom. The van der Waals surface area contributed by atoms with E-state index in [1.54, 1.807) is 11.0 Å². The molecule has 1 aliphatic heterocycles. The van der Waals surface area contributed by atoms with Crippen LogP contribution >= 0.6 is 15.9 Å². The molecule has 1 saturated heterocycles. The fourth-order valence-electron chi connectivity index (χ4n) is 2.51. The van der Waals surface area contributed by atoms with Gasteiger partial charge in [0.15, 0.2) is 0 Å². The van der Waals surface area contributed by atoms with Gasteiger partial charge in [-0.1, -0.05) is 28.1 Å². The summed E-state index contributed by atoms with van der Waals surface area (Å²) in [4.78, 5) is 17.9. The Kier molecular flexibility index (Phi) is 4.13. The Hall–Kier alpha value is -1.93. The van der Waals surface area contributed by atoms with Gasteiger partial charge in [0.1, 0.15) is 11.9 Å². The number of carbonyl (C=O) groups excluding carboxylic acids is 1. The Balaban J connectivity index is 1.61. The van der Waals surface area contributed by atoms with Crippen LogP contribution in [0.15, 0.2) is 35.1 Å². The van der Waals surface area contributed by atoms with Crippen molar-refractivity contribution >= 4 is 27.9 Å². The van der Waals surface area contributed by atoms with Crippen molar-refractivity contribution in [1.82, 2.24) is 19.7 Å². The number of aliphatic hydroxyl groups is 1. The third-order valence-corrected chi connectivity index (χ3v) is 4.45. The summed E-state index contributed by atoms with van der Waals surface area (Å²) in [5.74, 6) is 0.257. The van der Waals surface area contributed by atoms with Gasteiger partial charge >= 0.3 is 6.03 Å². The Labute approximate surface area is 148 Å². The maximum Gasteiger partial charge on any atom is 0.324 e. The molecule has 2 aromatic rings. The monoisotopic (exact) mass is 393 g/mol. The van der Waals surface area contributed by atoms with Gasteiger partial charge in [0.2, 0.25) is 5.95 Å². The number of β-amino-alcohol motifs (C(OH)–C–C–N with tert-alkyl or cyclic N) is 1. The van der Waals surface area contributed by atoms with E-state index in [9.17, 15) is 9.90 Å². The summed E-state index contributed by atoms with van der Waals surface area (Å²) in [5.41, 5.74) is -0.427. The van der Waals surface area contributed by atoms with Crippen LogP contribution in [-0.2, 0) is 11.1 Å². The molecule has 0 aliphatic carbocycles. The van der Waals surface area contributed by atoms with E-state index < -0.39 is 5.60 Å². The predicted molar refractivity (Wildman–Crippen MR) is 93.6 cm³/mol. The molecule has 2 heterocycles. The number of benzene rings is 1. The highest BCUT2D eigenvalue weighted by Crippen LogP contribution is 2.33. The number of rotatable bonds is 2. The molecule has 1 fully saturated rings. The van der Waals surface area contributed by atoms with E-state index in [-0.39, 0.29) is 30.6 Å². The molecule has 7 nitrogen and oxygen atoms in total. The molecule has 8 heteroatoms. The standard InChI is InChI=1S/C16H20BrN5O2/c1-15(2,3)22-10-18-13(20-22)19-14(23)21-8-16(24,9-21)11-5-4-6-12(17)7-11/h4-7,10,24H,8-9H2,1-3H3,(H,19,20,23). The lowest BCUT2D eigenvalue weighted by Crippen LogP contribution is -2.62. The van der Waals surface area contributed by atoms with Gasteiger partial charge in [-0.3, -0.25) is 5.32 Å². The minimum atomic E-state index is -1.01. The minimum absolute atomic E-state index is 0.201. The van der Waals surface area contributed by atoms with Crippen molar-refractivity contribution in [2.24, 2.45) is 0 Å². The van der Waals surface area contributed by atoms with Gasteiger partial charge in [-0.2, -0.15) is 0 Å². The molecule has 128 valence electrons. The maximum atomic E-state index is 12.2. The summed E-state index contributed by atoms with van der Waals surface area (Å²) in [5, 5.41) is 17.5. The molecule has 1 aromatic carbocycles. The Morgan fingerprint density at radius 3 is 2.67 bits per heavy atom. The van der Waals surface area contributed by atoms with Crippen LogP contribution in [0.25, 0.3) is 0 Å². The number of nitrogens with one attached hydrogen (secondary N) is 1. The fraction of sp³-hybridized carbons (Fsp3) is 0.438. The van der Waals surface area contributed by atoms with E-state index in [1.165, 1.54) is 4.90 Å². The molecule has 2 N–H and O–H groups in total. The number of halogens is 1. The lowest BCUT2D eigenvalue weighted by molar-refractivity contribution is -0.0793. The van der Waals surface area contributed by atoms with Crippen molar-refractivity contribution in [3.05, 3.63) is 40.6 Å². The zero-order valence-corrected chi connectivity index (χ0v) is 15.4. The second-order valence-corrected chi connectivity index (χ2v) is 7.93. The van der Waals surface area contributed by atoms with Crippen molar-refractivity contribution in [1.29, 1.82) is 0 Å². The second-order valence-electron chi connectivity index (χ2n) is 7.01. The van der Waals surface area contributed by atoms with Gasteiger partial charge in [-0.25, -0.2) is 14.5 Å². The van der Waals surface area contributed by atoms with Crippen molar-refractivity contribution in [3.8, 4) is 0 Å². The number of anilines is 1. The highest BCUT2D eigenvalue weighted by Gasteiger charge is 2.45. The molecule has 0 saturated carbocycles. The van der Waals surface area contributed by atoms with Crippen LogP contribution in [-0.4, -0.2) is 43.9 Å². The topological polar surface area (TPSA) is 83.3 Å². The van der Waals surface area contributed by atoms with Crippen LogP contribution in [0.5, 0.6) is 0 Å². The van der Waals surface area contributed by atoms with Crippen LogP contribution < -0.4 is 5.32 Å². The van der Waals surface area contributed by atoms with Crippen LogP contribution in [0.4, 0.5) is 10.7 Å². The molecule has 3 rings (SSSR count). The first-order valence-corrected chi connectivity index (χ1v) is 8.43. The molecule has 1 aromatic heterocycles. The third-order valence-electron chi connectivity index (χ3n) is 3.95. The van der Waals surface area contributed by atoms with Crippen LogP contribution in [0.1, 0.15) is 26.3 Å². The molecule has 0 radical (unpaired) electrons. The summed E-state index contributed by atoms with van der Waals surface area (Å²) in [7, 11) is 0. The van der Waals surface area contributed by atoms with Crippen molar-refractivity contribution in [2.45, 2.75) is 31.9 Å². The summed E-state index contributed by atoms with van der Waals surface area (Å²) < 4.78 is 2.59. The van der Waals surface area contributed by atoms with Crippen molar-refractivity contribution < 1.29 is 9.90 Å². The Bertz CT molecular complexity index is 762. The molecule has 1 aliphatic rings. The first-order chi connectivity index (χ1) is 11.2. The molecular weight excluding hydrogens is 374 g/mol. The summed E-state index contributed by atoms with van der Waals surface area (Å²) in [6.07, 6.45) is 1.59. The van der Waals surface area contributed by atoms with Crippen LogP contribution in [0.2, 0.25) is 0 Å². The van der Waals surface area contributed by atoms with E-state index in [4.69, 9.17) is 0 Å². The maximum absolute atomic E-state index is 12.2. The smallest absolute Gasteiger partial charge is 0.324 e. The van der Waals surface area contributed by atoms with Gasteiger partial charge in [0.25, 0.3) is 0 Å². The van der Waals surface area contributed by atoms with Crippen LogP contribution in [0.3, 0.4) is 0 Å². The average molecular weight is 394 g/mol. The fourth-order valence-corrected chi connectivity index (χ4v) is 2.91. The number of amides is 2. The zero-order valence-electron chi connectivity index (χ0n) is 13.8. The largest absolute Gasteiger partial charge is 0.381 e. The van der Waals surface area contributed by atoms with Gasteiger partial charge in [-0.05, 0) is 38.5 Å². The summed E-state index contributed by atoms with van der Waals surface area (Å²) in [6.45, 7) is 6.47. The highest BCUT2D eigenvalue weighted by molar-refractivity contribution is 9.10. The first kappa shape index (κ1) is 16.9. The number of aromatic nitrogens is 3. The quantitative estimate of drug-likeness (QED) is 0.820. The number of carbonyl (C=O) groups is 1. The number of urea groups is 1. The minimum Gasteiger partial charge on any atom is -0.381 e. The van der Waals surface area contributed by atoms with E-state index >= 15 is 0 Å². The van der Waals surface area contributed by atoms with Gasteiger partial charge in [0, 0.05) is 4.47 Å². The Morgan fingerprint density at radius 2 is 2.08 bits per heavy atom. The number of nitrogens with zero attached hydrogens (tertiary/aromatic N) is 4. The number of hydrogen-bond donors (Lipinski definition) is 2. The van der Waals surface area contributed by atoms with Gasteiger partial charge < -0.3 is 10.0 Å². The van der Waals surface area contributed by atoms with Gasteiger partial charge in [-0.15, -0.1) is 5.10 Å². The third kappa shape index (κ3) is 3.29. The molecule has 0 unspecified atom stereocenters. The van der Waals surface area contributed by atoms with Crippen molar-refractivity contribution in [2.75, 3.05) is 18.4 Å². The normalized spacial score (nSPS) is 16.6. The molecule has 24 heavy (non-hydrogen) atoms. The summed E-state index contributed by atoms with van der Waals surface area (Å²) >= 11 is 3.39. The molecule has 2 amide bonds. The average Bonchev–Trinajstić information content (AvgIpc) is 2.92. The van der Waals surface area contributed by atoms with E-state index in [1.807, 2.05) is 45.0 Å². The predicted octanol–water partition coefficient (Wildman–Crippen LogP) is 2.53. The molecule has 0 spiro atoms. The zero-order chi connectivity index (χ0) is 17.5. The number of likely N-dealkylation sites (tertiary alicyclic amines) is 1. The number of hydrogen-bond acceptors (Lipinski definition) is 4. The molecular formula is C16H20BrN5O2. The van der Waals surface area contributed by atoms with Gasteiger partial charge in [0.05, 0.1) is 18.6 Å². The SMILES string of the molecule is CC(C)(C)n1cnc(NC(=O)N2CC(O)(c3cccc(Br)c3)C2)n1. The first-order valence-electron chi connectivity index (χ1n) is 7.64. The second kappa shape index (κ2) is 5.86. The van der Waals surface area contributed by atoms with Crippen LogP contribution in [0, 0.1) is 0 Å². The lowest BCUT2D eigenvalue weighted by atomic mass is 9.86. The van der Waals surface area contributed by atoms with Crippen molar-refractivity contribution in [3.63, 3.8) is 0 Å². The van der Waals surface area contributed by atoms with E-state index in [0.29, 0.717) is 0 Å². The summed E-state index contributed by atoms with van der Waals surface area (Å²) in [6, 6.07) is 7.16. The lowest BCUT2D eigenvalue weighted by Gasteiger charge is -2.46. The van der Waals surface area contributed by atoms with E-state index in [2.05, 4.69) is 31.3 Å². The van der Waals surface area contributed by atoms with E-state index in [0.717, 1.165) is 10.0 Å².